The molecule has 0 spiro atoms. The monoisotopic (exact) mass is 403 g/mol. The van der Waals surface area contributed by atoms with E-state index >= 15 is 0 Å². The third kappa shape index (κ3) is 6.19. The number of amides is 1. The molecule has 0 aliphatic rings. The van der Waals surface area contributed by atoms with Crippen LogP contribution in [0.25, 0.3) is 0 Å². The van der Waals surface area contributed by atoms with E-state index in [-0.39, 0.29) is 10.8 Å². The molecule has 0 radical (unpaired) electrons. The predicted molar refractivity (Wildman–Crippen MR) is 110 cm³/mol. The second-order valence-electron chi connectivity index (χ2n) is 6.39. The number of sulfonamides is 1. The molecule has 0 aliphatic carbocycles. The summed E-state index contributed by atoms with van der Waals surface area (Å²) in [6.07, 6.45) is 1.68. The Morgan fingerprint density at radius 2 is 1.82 bits per heavy atom. The molecule has 0 saturated heterocycles. The van der Waals surface area contributed by atoms with Gasteiger partial charge in [-0.05, 0) is 55.9 Å². The number of benzene rings is 2. The Labute approximate surface area is 165 Å². The molecule has 1 amide bonds. The minimum absolute atomic E-state index is 0.00353. The molecule has 0 heterocycles. The van der Waals surface area contributed by atoms with Gasteiger partial charge in [0, 0.05) is 12.2 Å². The fourth-order valence-electron chi connectivity index (χ4n) is 2.45. The van der Waals surface area contributed by atoms with Crippen molar-refractivity contribution < 1.29 is 17.9 Å². The summed E-state index contributed by atoms with van der Waals surface area (Å²) in [7, 11) is -1.90. The number of hydrogen-bond donors (Lipinski definition) is 2. The van der Waals surface area contributed by atoms with Gasteiger partial charge in [0.1, 0.15) is 12.4 Å². The van der Waals surface area contributed by atoms with Crippen LogP contribution in [-0.2, 0) is 21.4 Å². The van der Waals surface area contributed by atoms with Crippen LogP contribution in [0.2, 0.25) is 0 Å². The van der Waals surface area contributed by atoms with Crippen LogP contribution in [0.5, 0.6) is 5.75 Å². The van der Waals surface area contributed by atoms with Crippen molar-refractivity contribution in [1.29, 1.82) is 0 Å². The highest BCUT2D eigenvalue weighted by atomic mass is 32.2. The van der Waals surface area contributed by atoms with Crippen molar-refractivity contribution in [1.82, 2.24) is 4.90 Å². The summed E-state index contributed by atoms with van der Waals surface area (Å²) in [5, 5.41) is 7.84. The Morgan fingerprint density at radius 3 is 2.36 bits per heavy atom. The molecule has 0 saturated carbocycles. The molecular formula is C20H25N3O4S. The number of carbonyl (C=O) groups is 1. The van der Waals surface area contributed by atoms with Crippen LogP contribution in [0, 0.1) is 0 Å². The SMILES string of the molecule is C=CCOc1ccc(CN(C)[C@H](C)C(=O)Nc2ccc(S(N)(=O)=O)cc2)cc1. The highest BCUT2D eigenvalue weighted by Crippen LogP contribution is 2.16. The molecule has 0 aromatic heterocycles. The summed E-state index contributed by atoms with van der Waals surface area (Å²) in [5.41, 5.74) is 1.55. The molecule has 3 N–H and O–H groups in total. The van der Waals surface area contributed by atoms with E-state index in [1.165, 1.54) is 24.3 Å². The number of nitrogens with zero attached hydrogens (tertiary/aromatic N) is 1. The molecule has 1 atom stereocenters. The Hall–Kier alpha value is -2.68. The third-order valence-electron chi connectivity index (χ3n) is 4.21. The Balaban J connectivity index is 1.93. The first kappa shape index (κ1) is 21.6. The lowest BCUT2D eigenvalue weighted by molar-refractivity contribution is -0.120. The van der Waals surface area contributed by atoms with E-state index in [4.69, 9.17) is 9.88 Å². The van der Waals surface area contributed by atoms with Gasteiger partial charge < -0.3 is 10.1 Å². The largest absolute Gasteiger partial charge is 0.490 e. The van der Waals surface area contributed by atoms with E-state index in [1.807, 2.05) is 36.2 Å². The first-order valence-electron chi connectivity index (χ1n) is 8.67. The van der Waals surface area contributed by atoms with Crippen molar-refractivity contribution in [2.75, 3.05) is 19.0 Å². The maximum absolute atomic E-state index is 12.5. The van der Waals surface area contributed by atoms with Crippen molar-refractivity contribution in [2.45, 2.75) is 24.4 Å². The molecule has 7 nitrogen and oxygen atoms in total. The summed E-state index contributed by atoms with van der Waals surface area (Å²) in [6.45, 7) is 6.45. The zero-order valence-corrected chi connectivity index (χ0v) is 16.8. The predicted octanol–water partition coefficient (Wildman–Crippen LogP) is 2.36. The average molecular weight is 404 g/mol. The summed E-state index contributed by atoms with van der Waals surface area (Å²) in [4.78, 5) is 14.4. The summed E-state index contributed by atoms with van der Waals surface area (Å²) in [6, 6.07) is 13.0. The number of nitrogens with one attached hydrogen (secondary N) is 1. The topological polar surface area (TPSA) is 102 Å². The zero-order chi connectivity index (χ0) is 20.7. The van der Waals surface area contributed by atoms with Gasteiger partial charge in [-0.3, -0.25) is 9.69 Å². The van der Waals surface area contributed by atoms with Crippen LogP contribution >= 0.6 is 0 Å². The van der Waals surface area contributed by atoms with Crippen LogP contribution in [0.3, 0.4) is 0 Å². The van der Waals surface area contributed by atoms with Crippen LogP contribution in [0.1, 0.15) is 12.5 Å². The number of likely N-dealkylation sites (N-methyl/N-ethyl adjacent to an activating group) is 1. The summed E-state index contributed by atoms with van der Waals surface area (Å²) >= 11 is 0. The lowest BCUT2D eigenvalue weighted by atomic mass is 10.1. The fourth-order valence-corrected chi connectivity index (χ4v) is 2.96. The van der Waals surface area contributed by atoms with Gasteiger partial charge in [0.25, 0.3) is 0 Å². The van der Waals surface area contributed by atoms with Crippen molar-refractivity contribution >= 4 is 21.6 Å². The molecule has 2 aromatic carbocycles. The zero-order valence-electron chi connectivity index (χ0n) is 16.0. The van der Waals surface area contributed by atoms with Crippen molar-refractivity contribution in [2.24, 2.45) is 5.14 Å². The Morgan fingerprint density at radius 1 is 1.21 bits per heavy atom. The lowest BCUT2D eigenvalue weighted by Gasteiger charge is -2.24. The van der Waals surface area contributed by atoms with Gasteiger partial charge in [-0.2, -0.15) is 0 Å². The minimum atomic E-state index is -3.76. The van der Waals surface area contributed by atoms with Crippen molar-refractivity contribution in [3.05, 3.63) is 66.7 Å². The van der Waals surface area contributed by atoms with Gasteiger partial charge in [-0.25, -0.2) is 13.6 Å². The Kier molecular flexibility index (Phi) is 7.33. The number of hydrogen-bond acceptors (Lipinski definition) is 5. The van der Waals surface area contributed by atoms with Crippen molar-refractivity contribution in [3.63, 3.8) is 0 Å². The maximum Gasteiger partial charge on any atom is 0.241 e. The second-order valence-corrected chi connectivity index (χ2v) is 7.95. The van der Waals surface area contributed by atoms with Crippen LogP contribution < -0.4 is 15.2 Å². The Bertz CT molecular complexity index is 909. The van der Waals surface area contributed by atoms with E-state index in [1.54, 1.807) is 13.0 Å². The minimum Gasteiger partial charge on any atom is -0.490 e. The molecule has 8 heteroatoms. The normalized spacial score (nSPS) is 12.4. The molecule has 0 aliphatic heterocycles. The number of nitrogens with two attached hydrogens (primary N) is 1. The molecule has 0 fully saturated rings. The van der Waals surface area contributed by atoms with Crippen LogP contribution in [-0.4, -0.2) is 38.9 Å². The van der Waals surface area contributed by atoms with Gasteiger partial charge in [-0.1, -0.05) is 24.8 Å². The molecule has 28 heavy (non-hydrogen) atoms. The standard InChI is InChI=1S/C20H25N3O4S/c1-4-13-27-18-9-5-16(6-10-18)14-23(3)15(2)20(24)22-17-7-11-19(12-8-17)28(21,25)26/h4-12,15H,1,13-14H2,2-3H3,(H,22,24)(H2,21,25,26)/t15-/m1/s1. The molecule has 0 unspecified atom stereocenters. The van der Waals surface area contributed by atoms with Crippen LogP contribution in [0.15, 0.2) is 66.1 Å². The summed E-state index contributed by atoms with van der Waals surface area (Å²) < 4.78 is 28.0. The fraction of sp³-hybridized carbons (Fsp3) is 0.250. The van der Waals surface area contributed by atoms with Gasteiger partial charge >= 0.3 is 0 Å². The number of rotatable bonds is 9. The summed E-state index contributed by atoms with van der Waals surface area (Å²) in [5.74, 6) is 0.567. The quantitative estimate of drug-likeness (QED) is 0.626. The number of primary sulfonamides is 1. The van der Waals surface area contributed by atoms with Gasteiger partial charge in [-0.15, -0.1) is 0 Å². The van der Waals surface area contributed by atoms with Crippen molar-refractivity contribution in [3.8, 4) is 5.75 Å². The highest BCUT2D eigenvalue weighted by Gasteiger charge is 2.18. The second kappa shape index (κ2) is 9.50. The first-order chi connectivity index (χ1) is 13.2. The van der Waals surface area contributed by atoms with Gasteiger partial charge in [0.15, 0.2) is 0 Å². The smallest absolute Gasteiger partial charge is 0.241 e. The number of anilines is 1. The average Bonchev–Trinajstić information content (AvgIpc) is 2.66. The number of carbonyl (C=O) groups excluding carboxylic acids is 1. The maximum atomic E-state index is 12.5. The first-order valence-corrected chi connectivity index (χ1v) is 10.2. The molecular weight excluding hydrogens is 378 g/mol. The molecule has 2 rings (SSSR count). The molecule has 0 bridgehead atoms. The van der Waals surface area contributed by atoms with Crippen LogP contribution in [0.4, 0.5) is 5.69 Å². The lowest BCUT2D eigenvalue weighted by Crippen LogP contribution is -2.39. The van der Waals surface area contributed by atoms with Gasteiger partial charge in [0.2, 0.25) is 15.9 Å². The van der Waals surface area contributed by atoms with E-state index in [0.29, 0.717) is 18.8 Å². The van der Waals surface area contributed by atoms with Gasteiger partial charge in [0.05, 0.1) is 10.9 Å². The van der Waals surface area contributed by atoms with E-state index in [2.05, 4.69) is 11.9 Å². The molecule has 2 aromatic rings. The highest BCUT2D eigenvalue weighted by molar-refractivity contribution is 7.89. The van der Waals surface area contributed by atoms with E-state index in [0.717, 1.165) is 11.3 Å². The van der Waals surface area contributed by atoms with E-state index < -0.39 is 16.1 Å². The third-order valence-corrected chi connectivity index (χ3v) is 5.14. The van der Waals surface area contributed by atoms with E-state index in [9.17, 15) is 13.2 Å². The molecule has 150 valence electrons. The number of ether oxygens (including phenoxy) is 1.